The average molecular weight is 264 g/mol. The van der Waals surface area contributed by atoms with Gasteiger partial charge in [-0.3, -0.25) is 9.59 Å². The van der Waals surface area contributed by atoms with Gasteiger partial charge in [-0.05, 0) is 38.5 Å². The first kappa shape index (κ1) is 13.5. The number of halogens is 1. The first-order valence-electron chi connectivity index (χ1n) is 6.20. The highest BCUT2D eigenvalue weighted by molar-refractivity contribution is 5.99. The van der Waals surface area contributed by atoms with Gasteiger partial charge in [0.1, 0.15) is 11.4 Å². The van der Waals surface area contributed by atoms with Crippen LogP contribution in [0.4, 0.5) is 4.39 Å². The number of hydrogen-bond donors (Lipinski definition) is 1. The third kappa shape index (κ3) is 2.32. The summed E-state index contributed by atoms with van der Waals surface area (Å²) in [6.45, 7) is 5.85. The molecule has 1 N–H and O–H groups in total. The Morgan fingerprint density at radius 3 is 2.74 bits per heavy atom. The summed E-state index contributed by atoms with van der Waals surface area (Å²) in [5.41, 5.74) is -0.204. The zero-order valence-electron chi connectivity index (χ0n) is 11.3. The Kier molecular flexibility index (Phi) is 3.30. The summed E-state index contributed by atoms with van der Waals surface area (Å²) in [6, 6.07) is 4.48. The molecule has 0 spiro atoms. The SMILES string of the molecule is Cc1ccc(C(=O)N2CCNC(=O)C2(C)C)c(F)c1. The van der Waals surface area contributed by atoms with Crippen LogP contribution in [0.5, 0.6) is 0 Å². The molecule has 0 atom stereocenters. The fourth-order valence-electron chi connectivity index (χ4n) is 2.19. The minimum absolute atomic E-state index is 0.00775. The topological polar surface area (TPSA) is 49.4 Å². The predicted octanol–water partition coefficient (Wildman–Crippen LogP) is 1.48. The highest BCUT2D eigenvalue weighted by Crippen LogP contribution is 2.22. The van der Waals surface area contributed by atoms with Crippen molar-refractivity contribution in [3.63, 3.8) is 0 Å². The Labute approximate surface area is 111 Å². The van der Waals surface area contributed by atoms with E-state index in [2.05, 4.69) is 5.32 Å². The maximum atomic E-state index is 13.9. The van der Waals surface area contributed by atoms with E-state index in [-0.39, 0.29) is 11.5 Å². The molecule has 0 radical (unpaired) electrons. The van der Waals surface area contributed by atoms with Gasteiger partial charge in [0.2, 0.25) is 5.91 Å². The Balaban J connectivity index is 2.35. The number of aryl methyl sites for hydroxylation is 1. The lowest BCUT2D eigenvalue weighted by molar-refractivity contribution is -0.133. The average Bonchev–Trinajstić information content (AvgIpc) is 2.32. The Morgan fingerprint density at radius 1 is 1.42 bits per heavy atom. The van der Waals surface area contributed by atoms with Crippen molar-refractivity contribution in [2.45, 2.75) is 26.3 Å². The van der Waals surface area contributed by atoms with Crippen LogP contribution in [-0.2, 0) is 4.79 Å². The molecular formula is C14H17FN2O2. The van der Waals surface area contributed by atoms with E-state index in [4.69, 9.17) is 0 Å². The summed E-state index contributed by atoms with van der Waals surface area (Å²) in [4.78, 5) is 25.6. The van der Waals surface area contributed by atoms with Gasteiger partial charge in [0.25, 0.3) is 5.91 Å². The maximum absolute atomic E-state index is 13.9. The number of rotatable bonds is 1. The zero-order chi connectivity index (χ0) is 14.2. The highest BCUT2D eigenvalue weighted by atomic mass is 19.1. The zero-order valence-corrected chi connectivity index (χ0v) is 11.3. The van der Waals surface area contributed by atoms with Gasteiger partial charge >= 0.3 is 0 Å². The molecule has 1 saturated heterocycles. The molecule has 0 aromatic heterocycles. The number of piperazine rings is 1. The van der Waals surface area contributed by atoms with Gasteiger partial charge in [-0.2, -0.15) is 0 Å². The van der Waals surface area contributed by atoms with E-state index < -0.39 is 17.3 Å². The van der Waals surface area contributed by atoms with E-state index in [1.807, 2.05) is 0 Å². The molecule has 0 aliphatic carbocycles. The first-order chi connectivity index (χ1) is 8.84. The number of nitrogens with zero attached hydrogens (tertiary/aromatic N) is 1. The molecule has 1 heterocycles. The van der Waals surface area contributed by atoms with Crippen LogP contribution in [0.15, 0.2) is 18.2 Å². The molecule has 1 fully saturated rings. The summed E-state index contributed by atoms with van der Waals surface area (Å²) >= 11 is 0. The molecule has 1 aromatic rings. The van der Waals surface area contributed by atoms with E-state index in [0.29, 0.717) is 13.1 Å². The summed E-state index contributed by atoms with van der Waals surface area (Å²) in [6.07, 6.45) is 0. The molecule has 2 rings (SSSR count). The van der Waals surface area contributed by atoms with Crippen molar-refractivity contribution in [3.8, 4) is 0 Å². The van der Waals surface area contributed by atoms with E-state index >= 15 is 0 Å². The molecule has 4 nitrogen and oxygen atoms in total. The standard InChI is InChI=1S/C14H17FN2O2/c1-9-4-5-10(11(15)8-9)12(18)17-7-6-16-13(19)14(17,2)3/h4-5,8H,6-7H2,1-3H3,(H,16,19). The van der Waals surface area contributed by atoms with Gasteiger partial charge in [-0.15, -0.1) is 0 Å². The van der Waals surface area contributed by atoms with Crippen LogP contribution in [0.3, 0.4) is 0 Å². The van der Waals surface area contributed by atoms with Crippen molar-refractivity contribution >= 4 is 11.8 Å². The lowest BCUT2D eigenvalue weighted by Gasteiger charge is -2.41. The van der Waals surface area contributed by atoms with Gasteiger partial charge in [-0.1, -0.05) is 6.07 Å². The highest BCUT2D eigenvalue weighted by Gasteiger charge is 2.41. The monoisotopic (exact) mass is 264 g/mol. The lowest BCUT2D eigenvalue weighted by atomic mass is 9.97. The van der Waals surface area contributed by atoms with Crippen LogP contribution in [0, 0.1) is 12.7 Å². The molecule has 0 saturated carbocycles. The van der Waals surface area contributed by atoms with Crippen LogP contribution in [0.2, 0.25) is 0 Å². The number of carbonyl (C=O) groups excluding carboxylic acids is 2. The molecule has 5 heteroatoms. The smallest absolute Gasteiger partial charge is 0.257 e. The van der Waals surface area contributed by atoms with Gasteiger partial charge in [-0.25, -0.2) is 4.39 Å². The Morgan fingerprint density at radius 2 is 2.11 bits per heavy atom. The van der Waals surface area contributed by atoms with Crippen LogP contribution in [-0.4, -0.2) is 35.3 Å². The van der Waals surface area contributed by atoms with Crippen LogP contribution in [0.1, 0.15) is 29.8 Å². The van der Waals surface area contributed by atoms with E-state index in [9.17, 15) is 14.0 Å². The second-order valence-electron chi connectivity index (χ2n) is 5.26. The number of hydrogen-bond acceptors (Lipinski definition) is 2. The van der Waals surface area contributed by atoms with Gasteiger partial charge < -0.3 is 10.2 Å². The van der Waals surface area contributed by atoms with Crippen molar-refractivity contribution in [2.75, 3.05) is 13.1 Å². The third-order valence-electron chi connectivity index (χ3n) is 3.45. The number of nitrogens with one attached hydrogen (secondary N) is 1. The largest absolute Gasteiger partial charge is 0.352 e. The minimum atomic E-state index is -0.966. The van der Waals surface area contributed by atoms with E-state index in [0.717, 1.165) is 5.56 Å². The summed E-state index contributed by atoms with van der Waals surface area (Å²) in [5.74, 6) is -1.22. The van der Waals surface area contributed by atoms with Crippen LogP contribution in [0.25, 0.3) is 0 Å². The van der Waals surface area contributed by atoms with Gasteiger partial charge in [0.15, 0.2) is 0 Å². The second kappa shape index (κ2) is 4.64. The number of carbonyl (C=O) groups is 2. The normalized spacial score (nSPS) is 18.1. The second-order valence-corrected chi connectivity index (χ2v) is 5.26. The first-order valence-corrected chi connectivity index (χ1v) is 6.20. The van der Waals surface area contributed by atoms with Gasteiger partial charge in [0, 0.05) is 13.1 Å². The molecule has 1 aliphatic heterocycles. The quantitative estimate of drug-likeness (QED) is 0.835. The molecule has 0 unspecified atom stereocenters. The minimum Gasteiger partial charge on any atom is -0.352 e. The maximum Gasteiger partial charge on any atom is 0.257 e. The molecule has 1 aromatic carbocycles. The lowest BCUT2D eigenvalue weighted by Crippen LogP contribution is -2.63. The molecule has 19 heavy (non-hydrogen) atoms. The van der Waals surface area contributed by atoms with Crippen molar-refractivity contribution in [1.82, 2.24) is 10.2 Å². The molecule has 102 valence electrons. The molecular weight excluding hydrogens is 247 g/mol. The summed E-state index contributed by atoms with van der Waals surface area (Å²) < 4.78 is 13.9. The Bertz CT molecular complexity index is 540. The van der Waals surface area contributed by atoms with Crippen LogP contribution < -0.4 is 5.32 Å². The Hall–Kier alpha value is -1.91. The fourth-order valence-corrected chi connectivity index (χ4v) is 2.19. The van der Waals surface area contributed by atoms with Gasteiger partial charge in [0.05, 0.1) is 5.56 Å². The summed E-state index contributed by atoms with van der Waals surface area (Å²) in [7, 11) is 0. The molecule has 1 aliphatic rings. The van der Waals surface area contributed by atoms with E-state index in [1.54, 1.807) is 26.8 Å². The summed E-state index contributed by atoms with van der Waals surface area (Å²) in [5, 5.41) is 2.71. The van der Waals surface area contributed by atoms with Crippen molar-refractivity contribution in [2.24, 2.45) is 0 Å². The van der Waals surface area contributed by atoms with Crippen LogP contribution >= 0.6 is 0 Å². The van der Waals surface area contributed by atoms with E-state index in [1.165, 1.54) is 17.0 Å². The predicted molar refractivity (Wildman–Crippen MR) is 69.3 cm³/mol. The van der Waals surface area contributed by atoms with Crippen molar-refractivity contribution in [3.05, 3.63) is 35.1 Å². The van der Waals surface area contributed by atoms with Crippen molar-refractivity contribution in [1.29, 1.82) is 0 Å². The molecule has 2 amide bonds. The number of benzene rings is 1. The fraction of sp³-hybridized carbons (Fsp3) is 0.429. The van der Waals surface area contributed by atoms with Crippen molar-refractivity contribution < 1.29 is 14.0 Å². The number of amides is 2. The molecule has 0 bridgehead atoms. The third-order valence-corrected chi connectivity index (χ3v) is 3.45.